The molecule has 1 amide bonds. The Balaban J connectivity index is 1.59. The molecule has 1 aromatic heterocycles. The summed E-state index contributed by atoms with van der Waals surface area (Å²) < 4.78 is 0. The molecule has 2 aromatic carbocycles. The van der Waals surface area contributed by atoms with Crippen molar-refractivity contribution in [1.29, 1.82) is 0 Å². The van der Waals surface area contributed by atoms with Gasteiger partial charge in [-0.15, -0.1) is 0 Å². The van der Waals surface area contributed by atoms with Crippen LogP contribution in [0.4, 0.5) is 0 Å². The third-order valence-corrected chi connectivity index (χ3v) is 5.68. The Morgan fingerprint density at radius 3 is 2.68 bits per heavy atom. The summed E-state index contributed by atoms with van der Waals surface area (Å²) >= 11 is 12.2. The average Bonchev–Trinajstić information content (AvgIpc) is 3.06. The summed E-state index contributed by atoms with van der Waals surface area (Å²) in [6, 6.07) is 12.8. The van der Waals surface area contributed by atoms with Gasteiger partial charge in [0.1, 0.15) is 6.04 Å². The zero-order chi connectivity index (χ0) is 19.7. The van der Waals surface area contributed by atoms with Crippen molar-refractivity contribution >= 4 is 40.0 Å². The van der Waals surface area contributed by atoms with Gasteiger partial charge in [0.05, 0.1) is 6.54 Å². The summed E-state index contributed by atoms with van der Waals surface area (Å²) in [6.45, 7) is 2.24. The second-order valence-electron chi connectivity index (χ2n) is 7.01. The van der Waals surface area contributed by atoms with Crippen molar-refractivity contribution in [2.45, 2.75) is 19.0 Å². The van der Waals surface area contributed by atoms with Crippen LogP contribution in [0.5, 0.6) is 0 Å². The van der Waals surface area contributed by atoms with Gasteiger partial charge < -0.3 is 20.9 Å². The molecule has 146 valence electrons. The Kier molecular flexibility index (Phi) is 5.60. The van der Waals surface area contributed by atoms with Gasteiger partial charge in [-0.25, -0.2) is 0 Å². The summed E-state index contributed by atoms with van der Waals surface area (Å²) in [5.41, 5.74) is 9.92. The standard InChI is InChI=1S/C21H22Cl2N4O/c22-14-3-1-13(2-4-14)20(25-9-8-24)21(28)27-10-7-16-17-11-15(23)5-6-18(17)26-19(16)12-27/h1-6,11,20,25-26H,7-10,12,24H2. The molecule has 3 aromatic rings. The van der Waals surface area contributed by atoms with Crippen molar-refractivity contribution in [1.82, 2.24) is 15.2 Å². The predicted octanol–water partition coefficient (Wildman–Crippen LogP) is 3.65. The molecule has 0 saturated heterocycles. The number of carbonyl (C=O) groups is 1. The third-order valence-electron chi connectivity index (χ3n) is 5.19. The van der Waals surface area contributed by atoms with Crippen LogP contribution in [0.1, 0.15) is 22.9 Å². The molecule has 0 aliphatic carbocycles. The van der Waals surface area contributed by atoms with E-state index in [1.807, 2.05) is 35.2 Å². The van der Waals surface area contributed by atoms with E-state index in [2.05, 4.69) is 10.3 Å². The Morgan fingerprint density at radius 1 is 1.18 bits per heavy atom. The first kappa shape index (κ1) is 19.3. The van der Waals surface area contributed by atoms with Crippen LogP contribution in [0, 0.1) is 0 Å². The van der Waals surface area contributed by atoms with Crippen molar-refractivity contribution in [3.63, 3.8) is 0 Å². The molecule has 0 radical (unpaired) electrons. The fourth-order valence-corrected chi connectivity index (χ4v) is 4.11. The highest BCUT2D eigenvalue weighted by Crippen LogP contribution is 2.30. The summed E-state index contributed by atoms with van der Waals surface area (Å²) in [7, 11) is 0. The minimum Gasteiger partial charge on any atom is -0.357 e. The van der Waals surface area contributed by atoms with E-state index in [1.165, 1.54) is 5.56 Å². The Bertz CT molecular complexity index is 1000. The number of halogens is 2. The van der Waals surface area contributed by atoms with Gasteiger partial charge in [0.2, 0.25) is 5.91 Å². The highest BCUT2D eigenvalue weighted by atomic mass is 35.5. The molecule has 5 nitrogen and oxygen atoms in total. The summed E-state index contributed by atoms with van der Waals surface area (Å²) in [5.74, 6) is 0.0399. The Morgan fingerprint density at radius 2 is 1.93 bits per heavy atom. The molecule has 1 aliphatic heterocycles. The van der Waals surface area contributed by atoms with Crippen molar-refractivity contribution in [2.24, 2.45) is 5.73 Å². The van der Waals surface area contributed by atoms with E-state index in [1.54, 1.807) is 12.1 Å². The average molecular weight is 417 g/mol. The molecular formula is C21H22Cl2N4O. The minimum atomic E-state index is -0.443. The van der Waals surface area contributed by atoms with Crippen LogP contribution >= 0.6 is 23.2 Å². The molecule has 0 fully saturated rings. The van der Waals surface area contributed by atoms with Crippen LogP contribution < -0.4 is 11.1 Å². The molecule has 1 aliphatic rings. The summed E-state index contributed by atoms with van der Waals surface area (Å²) in [6.07, 6.45) is 0.797. The SMILES string of the molecule is NCCNC(C(=O)N1CCc2c([nH]c3ccc(Cl)cc23)C1)c1ccc(Cl)cc1. The third kappa shape index (κ3) is 3.76. The molecule has 2 heterocycles. The smallest absolute Gasteiger partial charge is 0.244 e. The van der Waals surface area contributed by atoms with Crippen LogP contribution in [0.3, 0.4) is 0 Å². The number of nitrogens with zero attached hydrogens (tertiary/aromatic N) is 1. The van der Waals surface area contributed by atoms with Crippen molar-refractivity contribution in [3.05, 3.63) is 69.3 Å². The number of hydrogen-bond donors (Lipinski definition) is 3. The summed E-state index contributed by atoms with van der Waals surface area (Å²) in [4.78, 5) is 18.7. The highest BCUT2D eigenvalue weighted by molar-refractivity contribution is 6.31. The van der Waals surface area contributed by atoms with Crippen molar-refractivity contribution in [3.8, 4) is 0 Å². The number of nitrogens with one attached hydrogen (secondary N) is 2. The van der Waals surface area contributed by atoms with E-state index in [9.17, 15) is 4.79 Å². The van der Waals surface area contributed by atoms with Gasteiger partial charge in [-0.05, 0) is 47.9 Å². The molecule has 4 rings (SSSR count). The molecule has 0 bridgehead atoms. The van der Waals surface area contributed by atoms with E-state index in [-0.39, 0.29) is 5.91 Å². The normalized spacial score (nSPS) is 14.9. The molecular weight excluding hydrogens is 395 g/mol. The van der Waals surface area contributed by atoms with Gasteiger partial charge in [0.25, 0.3) is 0 Å². The van der Waals surface area contributed by atoms with Crippen molar-refractivity contribution < 1.29 is 4.79 Å². The lowest BCUT2D eigenvalue weighted by Gasteiger charge is -2.31. The van der Waals surface area contributed by atoms with Crippen LogP contribution in [-0.4, -0.2) is 35.4 Å². The predicted molar refractivity (Wildman–Crippen MR) is 114 cm³/mol. The number of fused-ring (bicyclic) bond motifs is 3. The van der Waals surface area contributed by atoms with Crippen LogP contribution in [-0.2, 0) is 17.8 Å². The molecule has 0 saturated carbocycles. The second-order valence-corrected chi connectivity index (χ2v) is 7.88. The van der Waals surface area contributed by atoms with Crippen molar-refractivity contribution in [2.75, 3.05) is 19.6 Å². The molecule has 7 heteroatoms. The van der Waals surface area contributed by atoms with Gasteiger partial charge in [-0.1, -0.05) is 35.3 Å². The van der Waals surface area contributed by atoms with Gasteiger partial charge in [0.15, 0.2) is 0 Å². The van der Waals surface area contributed by atoms with Gasteiger partial charge in [-0.3, -0.25) is 4.79 Å². The lowest BCUT2D eigenvalue weighted by molar-refractivity contribution is -0.134. The van der Waals surface area contributed by atoms with E-state index in [4.69, 9.17) is 28.9 Å². The van der Waals surface area contributed by atoms with Gasteiger partial charge in [0, 0.05) is 46.3 Å². The first-order valence-electron chi connectivity index (χ1n) is 9.33. The number of aromatic amines is 1. The highest BCUT2D eigenvalue weighted by Gasteiger charge is 2.29. The number of benzene rings is 2. The monoisotopic (exact) mass is 416 g/mol. The zero-order valence-electron chi connectivity index (χ0n) is 15.3. The molecule has 1 atom stereocenters. The minimum absolute atomic E-state index is 0.0399. The van der Waals surface area contributed by atoms with E-state index in [0.717, 1.165) is 33.6 Å². The lowest BCUT2D eigenvalue weighted by atomic mass is 10.0. The summed E-state index contributed by atoms with van der Waals surface area (Å²) in [5, 5.41) is 5.79. The van der Waals surface area contributed by atoms with Gasteiger partial charge in [-0.2, -0.15) is 0 Å². The molecule has 1 unspecified atom stereocenters. The first-order chi connectivity index (χ1) is 13.6. The molecule has 0 spiro atoms. The number of nitrogens with two attached hydrogens (primary N) is 1. The fourth-order valence-electron chi connectivity index (χ4n) is 3.81. The maximum absolute atomic E-state index is 13.3. The number of amides is 1. The number of carbonyl (C=O) groups excluding carboxylic acids is 1. The first-order valence-corrected chi connectivity index (χ1v) is 10.1. The zero-order valence-corrected chi connectivity index (χ0v) is 16.9. The van der Waals surface area contributed by atoms with Gasteiger partial charge >= 0.3 is 0 Å². The van der Waals surface area contributed by atoms with E-state index in [0.29, 0.717) is 31.2 Å². The Hall–Kier alpha value is -2.05. The van der Waals surface area contributed by atoms with E-state index >= 15 is 0 Å². The number of H-pyrrole nitrogens is 1. The second kappa shape index (κ2) is 8.13. The van der Waals surface area contributed by atoms with Crippen LogP contribution in [0.25, 0.3) is 10.9 Å². The maximum Gasteiger partial charge on any atom is 0.244 e. The van der Waals surface area contributed by atoms with Crippen LogP contribution in [0.15, 0.2) is 42.5 Å². The van der Waals surface area contributed by atoms with Crippen LogP contribution in [0.2, 0.25) is 10.0 Å². The lowest BCUT2D eigenvalue weighted by Crippen LogP contribution is -2.44. The number of rotatable bonds is 5. The number of aromatic nitrogens is 1. The Labute approximate surface area is 173 Å². The largest absolute Gasteiger partial charge is 0.357 e. The molecule has 4 N–H and O–H groups in total. The maximum atomic E-state index is 13.3. The topological polar surface area (TPSA) is 74.2 Å². The molecule has 28 heavy (non-hydrogen) atoms. The fraction of sp³-hybridized carbons (Fsp3) is 0.286. The quantitative estimate of drug-likeness (QED) is 0.594. The number of hydrogen-bond acceptors (Lipinski definition) is 3. The van der Waals surface area contributed by atoms with E-state index < -0.39 is 6.04 Å².